The second-order valence-corrected chi connectivity index (χ2v) is 4.07. The Hall–Kier alpha value is -1.62. The van der Waals surface area contributed by atoms with Crippen molar-refractivity contribution in [2.45, 2.75) is 25.8 Å². The Morgan fingerprint density at radius 1 is 1.56 bits per heavy atom. The summed E-state index contributed by atoms with van der Waals surface area (Å²) >= 11 is 0. The molecule has 1 aromatic rings. The van der Waals surface area contributed by atoms with Crippen molar-refractivity contribution in [3.8, 4) is 5.75 Å². The van der Waals surface area contributed by atoms with Crippen molar-refractivity contribution >= 4 is 5.69 Å². The summed E-state index contributed by atoms with van der Waals surface area (Å²) in [5.41, 5.74) is 0.949. The molecular weight excluding hydrogens is 208 g/mol. The molecule has 0 unspecified atom stereocenters. The highest BCUT2D eigenvalue weighted by atomic mass is 16.6. The minimum atomic E-state index is -0.525. The van der Waals surface area contributed by atoms with E-state index in [4.69, 9.17) is 0 Å². The SMILES string of the molecule is Cc1ccc([C@H]2CCCN2)c(O)c1[N+](=O)[O-]. The van der Waals surface area contributed by atoms with Gasteiger partial charge in [0.05, 0.1) is 4.92 Å². The number of rotatable bonds is 2. The van der Waals surface area contributed by atoms with Crippen molar-refractivity contribution in [1.29, 1.82) is 0 Å². The first-order valence-electron chi connectivity index (χ1n) is 5.31. The van der Waals surface area contributed by atoms with Crippen LogP contribution in [0.15, 0.2) is 12.1 Å². The molecule has 1 heterocycles. The molecule has 1 aromatic carbocycles. The quantitative estimate of drug-likeness (QED) is 0.593. The molecule has 0 amide bonds. The van der Waals surface area contributed by atoms with E-state index in [-0.39, 0.29) is 17.5 Å². The molecule has 0 bridgehead atoms. The smallest absolute Gasteiger partial charge is 0.313 e. The van der Waals surface area contributed by atoms with Gasteiger partial charge in [0, 0.05) is 17.2 Å². The highest BCUT2D eigenvalue weighted by Gasteiger charge is 2.26. The largest absolute Gasteiger partial charge is 0.502 e. The van der Waals surface area contributed by atoms with Crippen LogP contribution in [0.1, 0.15) is 30.0 Å². The molecule has 2 N–H and O–H groups in total. The number of aromatic hydroxyl groups is 1. The molecule has 1 saturated heterocycles. The number of hydrogen-bond donors (Lipinski definition) is 2. The Balaban J connectivity index is 2.47. The van der Waals surface area contributed by atoms with Gasteiger partial charge in [-0.15, -0.1) is 0 Å². The molecule has 5 heteroatoms. The molecule has 0 aliphatic carbocycles. The average Bonchev–Trinajstić information content (AvgIpc) is 2.70. The summed E-state index contributed by atoms with van der Waals surface area (Å²) in [5, 5.41) is 24.0. The van der Waals surface area contributed by atoms with Gasteiger partial charge in [-0.2, -0.15) is 0 Å². The molecular formula is C11H14N2O3. The molecule has 16 heavy (non-hydrogen) atoms. The molecule has 1 fully saturated rings. The number of nitro groups is 1. The highest BCUT2D eigenvalue weighted by Crippen LogP contribution is 2.38. The lowest BCUT2D eigenvalue weighted by atomic mass is 10.0. The molecule has 0 spiro atoms. The number of nitrogens with zero attached hydrogens (tertiary/aromatic N) is 1. The maximum absolute atomic E-state index is 10.8. The van der Waals surface area contributed by atoms with Crippen LogP contribution >= 0.6 is 0 Å². The monoisotopic (exact) mass is 222 g/mol. The molecule has 5 nitrogen and oxygen atoms in total. The lowest BCUT2D eigenvalue weighted by molar-refractivity contribution is -0.386. The summed E-state index contributed by atoms with van der Waals surface area (Å²) in [4.78, 5) is 10.3. The molecule has 86 valence electrons. The Labute approximate surface area is 93.2 Å². The standard InChI is InChI=1S/C11H14N2O3/c1-7-4-5-8(9-3-2-6-12-9)11(14)10(7)13(15)16/h4-5,9,12,14H,2-3,6H2,1H3/t9-/m1/s1. The van der Waals surface area contributed by atoms with E-state index >= 15 is 0 Å². The van der Waals surface area contributed by atoms with Crippen LogP contribution in [-0.4, -0.2) is 16.6 Å². The number of aryl methyl sites for hydroxylation is 1. The molecule has 2 rings (SSSR count). The molecule has 0 saturated carbocycles. The average molecular weight is 222 g/mol. The van der Waals surface area contributed by atoms with Crippen LogP contribution in [0.3, 0.4) is 0 Å². The van der Waals surface area contributed by atoms with Gasteiger partial charge in [0.15, 0.2) is 5.75 Å². The van der Waals surface area contributed by atoms with Gasteiger partial charge < -0.3 is 10.4 Å². The van der Waals surface area contributed by atoms with Gasteiger partial charge in [-0.1, -0.05) is 12.1 Å². The summed E-state index contributed by atoms with van der Waals surface area (Å²) in [7, 11) is 0. The summed E-state index contributed by atoms with van der Waals surface area (Å²) in [6.07, 6.45) is 1.94. The Kier molecular flexibility index (Phi) is 2.78. The third-order valence-corrected chi connectivity index (χ3v) is 3.00. The zero-order valence-electron chi connectivity index (χ0n) is 9.06. The maximum Gasteiger partial charge on any atom is 0.313 e. The third-order valence-electron chi connectivity index (χ3n) is 3.00. The number of benzene rings is 1. The van der Waals surface area contributed by atoms with Crippen molar-refractivity contribution in [3.05, 3.63) is 33.4 Å². The Morgan fingerprint density at radius 3 is 2.88 bits per heavy atom. The number of nitro benzene ring substituents is 1. The first kappa shape index (κ1) is 10.9. The van der Waals surface area contributed by atoms with Gasteiger partial charge in [-0.3, -0.25) is 10.1 Å². The number of phenols is 1. The van der Waals surface area contributed by atoms with Crippen LogP contribution in [0.4, 0.5) is 5.69 Å². The predicted molar refractivity (Wildman–Crippen MR) is 59.5 cm³/mol. The third kappa shape index (κ3) is 1.74. The molecule has 1 atom stereocenters. The van der Waals surface area contributed by atoms with Crippen LogP contribution < -0.4 is 5.32 Å². The zero-order valence-corrected chi connectivity index (χ0v) is 9.06. The predicted octanol–water partition coefficient (Wildman–Crippen LogP) is 2.03. The van der Waals surface area contributed by atoms with E-state index < -0.39 is 4.92 Å². The minimum absolute atomic E-state index is 0.0410. The van der Waals surface area contributed by atoms with Gasteiger partial charge >= 0.3 is 5.69 Å². The first-order valence-corrected chi connectivity index (χ1v) is 5.31. The molecule has 1 aliphatic rings. The van der Waals surface area contributed by atoms with E-state index in [1.54, 1.807) is 19.1 Å². The fraction of sp³-hybridized carbons (Fsp3) is 0.455. The van der Waals surface area contributed by atoms with Gasteiger partial charge in [-0.05, 0) is 26.3 Å². The fourth-order valence-corrected chi connectivity index (χ4v) is 2.16. The van der Waals surface area contributed by atoms with Crippen molar-refractivity contribution in [2.24, 2.45) is 0 Å². The topological polar surface area (TPSA) is 75.4 Å². The number of phenolic OH excluding ortho intramolecular Hbond substituents is 1. The summed E-state index contributed by atoms with van der Waals surface area (Å²) in [6, 6.07) is 3.49. The van der Waals surface area contributed by atoms with Crippen LogP contribution in [0.2, 0.25) is 0 Å². The van der Waals surface area contributed by atoms with Crippen molar-refractivity contribution in [1.82, 2.24) is 5.32 Å². The fourth-order valence-electron chi connectivity index (χ4n) is 2.16. The maximum atomic E-state index is 10.8. The number of nitrogens with one attached hydrogen (secondary N) is 1. The first-order chi connectivity index (χ1) is 7.61. The molecule has 0 aromatic heterocycles. The minimum Gasteiger partial charge on any atom is -0.502 e. The Bertz CT molecular complexity index is 425. The van der Waals surface area contributed by atoms with E-state index in [0.29, 0.717) is 11.1 Å². The normalized spacial score (nSPS) is 19.9. The lowest BCUT2D eigenvalue weighted by Crippen LogP contribution is -2.13. The zero-order chi connectivity index (χ0) is 11.7. The van der Waals surface area contributed by atoms with Crippen molar-refractivity contribution < 1.29 is 10.0 Å². The van der Waals surface area contributed by atoms with E-state index in [9.17, 15) is 15.2 Å². The van der Waals surface area contributed by atoms with Crippen LogP contribution in [0.25, 0.3) is 0 Å². The van der Waals surface area contributed by atoms with E-state index in [0.717, 1.165) is 19.4 Å². The van der Waals surface area contributed by atoms with Crippen molar-refractivity contribution in [3.63, 3.8) is 0 Å². The van der Waals surface area contributed by atoms with Crippen LogP contribution in [-0.2, 0) is 0 Å². The van der Waals surface area contributed by atoms with Crippen LogP contribution in [0, 0.1) is 17.0 Å². The van der Waals surface area contributed by atoms with Crippen molar-refractivity contribution in [2.75, 3.05) is 6.54 Å². The van der Waals surface area contributed by atoms with Gasteiger partial charge in [0.25, 0.3) is 0 Å². The van der Waals surface area contributed by atoms with E-state index in [1.165, 1.54) is 0 Å². The summed E-state index contributed by atoms with van der Waals surface area (Å²) in [6.45, 7) is 2.52. The Morgan fingerprint density at radius 2 is 2.31 bits per heavy atom. The molecule has 0 radical (unpaired) electrons. The lowest BCUT2D eigenvalue weighted by Gasteiger charge is -2.13. The summed E-state index contributed by atoms with van der Waals surface area (Å²) < 4.78 is 0. The van der Waals surface area contributed by atoms with E-state index in [2.05, 4.69) is 5.32 Å². The van der Waals surface area contributed by atoms with Crippen LogP contribution in [0.5, 0.6) is 5.75 Å². The van der Waals surface area contributed by atoms with Gasteiger partial charge in [-0.25, -0.2) is 0 Å². The molecule has 1 aliphatic heterocycles. The summed E-state index contributed by atoms with van der Waals surface area (Å²) in [5.74, 6) is -0.190. The highest BCUT2D eigenvalue weighted by molar-refractivity contribution is 5.56. The number of hydrogen-bond acceptors (Lipinski definition) is 4. The second kappa shape index (κ2) is 4.09. The second-order valence-electron chi connectivity index (χ2n) is 4.07. The van der Waals surface area contributed by atoms with E-state index in [1.807, 2.05) is 0 Å². The van der Waals surface area contributed by atoms with Gasteiger partial charge in [0.2, 0.25) is 0 Å². The van der Waals surface area contributed by atoms with Gasteiger partial charge in [0.1, 0.15) is 0 Å².